The lowest BCUT2D eigenvalue weighted by atomic mass is 9.63. The molecule has 0 bridgehead atoms. The number of aromatic nitrogens is 2. The third-order valence-electron chi connectivity index (χ3n) is 9.63. The van der Waals surface area contributed by atoms with Crippen LogP contribution in [0.15, 0.2) is 42.8 Å². The smallest absolute Gasteiger partial charge is 0.147 e. The topological polar surface area (TPSA) is 50.3 Å². The average Bonchev–Trinajstić information content (AvgIpc) is 3.40. The molecule has 244 valence electrons. The molecule has 1 aromatic carbocycles. The van der Waals surface area contributed by atoms with E-state index in [1.807, 2.05) is 59.7 Å². The molecule has 3 fully saturated rings. The summed E-state index contributed by atoms with van der Waals surface area (Å²) in [5.41, 5.74) is 4.99. The molecule has 1 aliphatic carbocycles. The Balaban J connectivity index is 0.00000101. The van der Waals surface area contributed by atoms with Crippen LogP contribution in [0.4, 0.5) is 0 Å². The van der Waals surface area contributed by atoms with Crippen molar-refractivity contribution in [2.45, 2.75) is 134 Å². The molecule has 5 rings (SSSR count). The van der Waals surface area contributed by atoms with Crippen LogP contribution in [0.2, 0.25) is 5.02 Å². The van der Waals surface area contributed by atoms with Gasteiger partial charge in [-0.3, -0.25) is 0 Å². The largest absolute Gasteiger partial charge is 0.373 e. The monoisotopic (exact) mass is 613 g/mol. The molecule has 1 aromatic heterocycles. The summed E-state index contributed by atoms with van der Waals surface area (Å²) in [4.78, 5) is 9.97. The van der Waals surface area contributed by atoms with E-state index in [0.717, 1.165) is 29.9 Å². The van der Waals surface area contributed by atoms with Gasteiger partial charge in [0, 0.05) is 46.4 Å². The van der Waals surface area contributed by atoms with Gasteiger partial charge in [-0.1, -0.05) is 120 Å². The van der Waals surface area contributed by atoms with Crippen molar-refractivity contribution >= 4 is 22.6 Å². The Kier molecular flexibility index (Phi) is 13.1. The zero-order valence-corrected chi connectivity index (χ0v) is 30.4. The lowest BCUT2D eigenvalue weighted by Crippen LogP contribution is -2.60. The molecule has 3 heterocycles. The molecule has 0 amide bonds. The van der Waals surface area contributed by atoms with Gasteiger partial charge in [0.25, 0.3) is 0 Å². The van der Waals surface area contributed by atoms with Crippen LogP contribution in [0.5, 0.6) is 0 Å². The number of imidazole rings is 1. The number of nitrogen functional groups attached to an aromatic ring is 1. The molecule has 0 radical (unpaired) electrons. The average molecular weight is 614 g/mol. The highest BCUT2D eigenvalue weighted by atomic mass is 35.5. The molecule has 2 atom stereocenters. The van der Waals surface area contributed by atoms with Gasteiger partial charge in [0.05, 0.1) is 17.6 Å². The first-order valence-electron chi connectivity index (χ1n) is 17.1. The maximum atomic E-state index is 6.51. The van der Waals surface area contributed by atoms with E-state index >= 15 is 0 Å². The second-order valence-corrected chi connectivity index (χ2v) is 14.3. The number of likely N-dealkylation sites (tertiary alicyclic amines) is 2. The van der Waals surface area contributed by atoms with Crippen LogP contribution < -0.4 is 5.84 Å². The van der Waals surface area contributed by atoms with Crippen molar-refractivity contribution in [3.05, 3.63) is 53.6 Å². The van der Waals surface area contributed by atoms with E-state index in [4.69, 9.17) is 29.0 Å². The van der Waals surface area contributed by atoms with Gasteiger partial charge in [-0.05, 0) is 55.2 Å². The van der Waals surface area contributed by atoms with E-state index in [1.54, 1.807) is 4.68 Å². The van der Waals surface area contributed by atoms with E-state index in [1.165, 1.54) is 56.3 Å². The van der Waals surface area contributed by atoms with Crippen LogP contribution in [-0.2, 0) is 6.54 Å². The normalized spacial score (nSPS) is 20.7. The second kappa shape index (κ2) is 15.2. The summed E-state index contributed by atoms with van der Waals surface area (Å²) in [5.74, 6) is 8.03. The van der Waals surface area contributed by atoms with Crippen molar-refractivity contribution in [3.8, 4) is 0 Å². The first kappa shape index (κ1) is 37.0. The van der Waals surface area contributed by atoms with Crippen molar-refractivity contribution in [1.82, 2.24) is 19.5 Å². The lowest BCUT2D eigenvalue weighted by molar-refractivity contribution is -0.00459. The van der Waals surface area contributed by atoms with Crippen LogP contribution in [0.1, 0.15) is 127 Å². The summed E-state index contributed by atoms with van der Waals surface area (Å²) < 4.78 is 1.71. The molecule has 2 aromatic rings. The zero-order chi connectivity index (χ0) is 32.8. The molecule has 2 unspecified atom stereocenters. The number of nitrogens with two attached hydrogens (primary N) is 1. The Morgan fingerprint density at radius 1 is 1.00 bits per heavy atom. The summed E-state index contributed by atoms with van der Waals surface area (Å²) in [6, 6.07) is 6.24. The lowest BCUT2D eigenvalue weighted by Gasteiger charge is -2.56. The third-order valence-corrected chi connectivity index (χ3v) is 9.87. The van der Waals surface area contributed by atoms with Crippen LogP contribution in [0.25, 0.3) is 11.0 Å². The predicted octanol–water partition coefficient (Wildman–Crippen LogP) is 10.4. The van der Waals surface area contributed by atoms with Crippen LogP contribution >= 0.6 is 11.6 Å². The third kappa shape index (κ3) is 7.75. The van der Waals surface area contributed by atoms with Crippen molar-refractivity contribution in [1.29, 1.82) is 0 Å². The summed E-state index contributed by atoms with van der Waals surface area (Å²) in [7, 11) is 0. The summed E-state index contributed by atoms with van der Waals surface area (Å²) >= 11 is 6.23. The molecular formula is C37H64ClN5. The maximum Gasteiger partial charge on any atom is 0.147 e. The Hall–Kier alpha value is -2.14. The number of rotatable bonds is 7. The van der Waals surface area contributed by atoms with E-state index in [0.29, 0.717) is 28.9 Å². The van der Waals surface area contributed by atoms with E-state index in [2.05, 4.69) is 51.0 Å². The standard InChI is InChI=1S/C31H46ClN5.3C2H6/c1-21(30(6,7)16-10-15-29(3,4)5)35-19-31(20-35)22(2)36(26-12-9-8-11-24(26)31)18-28-34-25-14-13-23(32)17-27(25)37(28)33;3*1-2/h13-14,17,24,26H,1-2,8-12,15-16,18-20,33H2,3-7H3;3*1-2H3. The molecule has 43 heavy (non-hydrogen) atoms. The van der Waals surface area contributed by atoms with Crippen molar-refractivity contribution in [3.63, 3.8) is 0 Å². The van der Waals surface area contributed by atoms with Gasteiger partial charge in [0.15, 0.2) is 0 Å². The number of allylic oxidation sites excluding steroid dienone is 1. The van der Waals surface area contributed by atoms with Gasteiger partial charge in [0.2, 0.25) is 0 Å². The highest BCUT2D eigenvalue weighted by molar-refractivity contribution is 6.31. The molecular weight excluding hydrogens is 550 g/mol. The van der Waals surface area contributed by atoms with Crippen molar-refractivity contribution in [2.75, 3.05) is 18.9 Å². The van der Waals surface area contributed by atoms with Crippen LogP contribution in [0.3, 0.4) is 0 Å². The number of hydrogen-bond donors (Lipinski definition) is 1. The Morgan fingerprint density at radius 3 is 2.21 bits per heavy atom. The zero-order valence-electron chi connectivity index (χ0n) is 29.6. The number of hydrogen-bond acceptors (Lipinski definition) is 4. The summed E-state index contributed by atoms with van der Waals surface area (Å²) in [6.45, 7) is 35.9. The molecule has 2 saturated heterocycles. The molecule has 6 heteroatoms. The maximum absolute atomic E-state index is 6.51. The Bertz CT molecular complexity index is 1200. The van der Waals surface area contributed by atoms with Gasteiger partial charge in [-0.15, -0.1) is 0 Å². The predicted molar refractivity (Wildman–Crippen MR) is 190 cm³/mol. The van der Waals surface area contributed by atoms with Gasteiger partial charge < -0.3 is 15.6 Å². The molecule has 1 spiro atoms. The molecule has 5 nitrogen and oxygen atoms in total. The first-order chi connectivity index (χ1) is 20.3. The minimum Gasteiger partial charge on any atom is -0.373 e. The summed E-state index contributed by atoms with van der Waals surface area (Å²) in [6.07, 6.45) is 8.78. The van der Waals surface area contributed by atoms with E-state index in [9.17, 15) is 0 Å². The quantitative estimate of drug-likeness (QED) is 0.316. The number of benzene rings is 1. The van der Waals surface area contributed by atoms with E-state index in [-0.39, 0.29) is 10.8 Å². The number of nitrogens with zero attached hydrogens (tertiary/aromatic N) is 4. The highest BCUT2D eigenvalue weighted by Gasteiger charge is 2.61. The van der Waals surface area contributed by atoms with Crippen LogP contribution in [0, 0.1) is 22.2 Å². The Morgan fingerprint density at radius 2 is 1.60 bits per heavy atom. The Labute approximate surface area is 269 Å². The van der Waals surface area contributed by atoms with Gasteiger partial charge in [-0.25, -0.2) is 9.66 Å². The SMILES string of the molecule is C=C(N1CC2(C1)C(=C)N(Cc1nc3ccc(Cl)cc3n1N)C1CCCCC12)C(C)(C)CCCC(C)(C)C.CC.CC.CC. The highest BCUT2D eigenvalue weighted by Crippen LogP contribution is 2.59. The summed E-state index contributed by atoms with van der Waals surface area (Å²) in [5, 5.41) is 0.679. The van der Waals surface area contributed by atoms with Crippen molar-refractivity contribution < 1.29 is 0 Å². The first-order valence-corrected chi connectivity index (χ1v) is 17.5. The molecule has 2 aliphatic heterocycles. The minimum atomic E-state index is 0.115. The fourth-order valence-corrected chi connectivity index (χ4v) is 7.46. The molecule has 3 aliphatic rings. The second-order valence-electron chi connectivity index (χ2n) is 13.8. The van der Waals surface area contributed by atoms with Gasteiger partial charge >= 0.3 is 0 Å². The minimum absolute atomic E-state index is 0.115. The fourth-order valence-electron chi connectivity index (χ4n) is 7.30. The fraction of sp³-hybridized carbons (Fsp3) is 0.703. The molecule has 1 saturated carbocycles. The molecule has 2 N–H and O–H groups in total. The van der Waals surface area contributed by atoms with Crippen LogP contribution in [-0.4, -0.2) is 38.6 Å². The van der Waals surface area contributed by atoms with Gasteiger partial charge in [0.1, 0.15) is 5.82 Å². The number of halogens is 1. The number of fused-ring (bicyclic) bond motifs is 3. The van der Waals surface area contributed by atoms with E-state index < -0.39 is 0 Å². The van der Waals surface area contributed by atoms with Gasteiger partial charge in [-0.2, -0.15) is 0 Å². The van der Waals surface area contributed by atoms with Crippen molar-refractivity contribution in [2.24, 2.45) is 22.2 Å².